The molecule has 2 unspecified atom stereocenters. The van der Waals surface area contributed by atoms with Crippen molar-refractivity contribution in [2.24, 2.45) is 0 Å². The molecule has 0 aliphatic carbocycles. The van der Waals surface area contributed by atoms with Gasteiger partial charge in [0.25, 0.3) is 0 Å². The van der Waals surface area contributed by atoms with E-state index in [-0.39, 0.29) is 0 Å². The Morgan fingerprint density at radius 3 is 2.32 bits per heavy atom. The zero-order valence-electron chi connectivity index (χ0n) is 11.4. The maximum atomic E-state index is 10.9. The highest BCUT2D eigenvalue weighted by molar-refractivity contribution is 5.32. The van der Waals surface area contributed by atoms with Crippen LogP contribution >= 0.6 is 0 Å². The van der Waals surface area contributed by atoms with Gasteiger partial charge in [0.1, 0.15) is 11.7 Å². The van der Waals surface area contributed by atoms with E-state index >= 15 is 0 Å². The number of aliphatic hydroxyl groups excluding tert-OH is 1. The first-order valence-electron chi connectivity index (χ1n) is 6.60. The Morgan fingerprint density at radius 2 is 1.74 bits per heavy atom. The van der Waals surface area contributed by atoms with Crippen LogP contribution in [0, 0.1) is 6.92 Å². The van der Waals surface area contributed by atoms with E-state index in [9.17, 15) is 10.2 Å². The van der Waals surface area contributed by atoms with Gasteiger partial charge < -0.3 is 10.2 Å². The molecule has 0 saturated heterocycles. The van der Waals surface area contributed by atoms with Gasteiger partial charge in [0.15, 0.2) is 0 Å². The number of rotatable bonds is 4. The van der Waals surface area contributed by atoms with Crippen molar-refractivity contribution in [2.45, 2.75) is 32.0 Å². The Labute approximate surface area is 114 Å². The topological polar surface area (TPSA) is 40.5 Å². The summed E-state index contributed by atoms with van der Waals surface area (Å²) in [5.74, 6) is 0. The minimum atomic E-state index is -1.26. The van der Waals surface area contributed by atoms with E-state index in [1.807, 2.05) is 68.4 Å². The molecule has 0 aliphatic heterocycles. The van der Waals surface area contributed by atoms with Crippen LogP contribution in [0.3, 0.4) is 0 Å². The van der Waals surface area contributed by atoms with Crippen molar-refractivity contribution in [1.29, 1.82) is 0 Å². The van der Waals surface area contributed by atoms with Crippen molar-refractivity contribution in [3.05, 3.63) is 71.3 Å². The second-order valence-electron chi connectivity index (χ2n) is 4.96. The third kappa shape index (κ3) is 2.70. The van der Waals surface area contributed by atoms with Gasteiger partial charge in [0.2, 0.25) is 0 Å². The fraction of sp³-hybridized carbons (Fsp3) is 0.294. The van der Waals surface area contributed by atoms with Crippen molar-refractivity contribution in [1.82, 2.24) is 0 Å². The minimum absolute atomic E-state index is 0.451. The molecule has 0 radical (unpaired) electrons. The van der Waals surface area contributed by atoms with E-state index in [1.165, 1.54) is 0 Å². The molecule has 2 aromatic rings. The normalized spacial score (nSPS) is 15.8. The van der Waals surface area contributed by atoms with Crippen LogP contribution in [0.25, 0.3) is 0 Å². The zero-order valence-corrected chi connectivity index (χ0v) is 11.4. The van der Waals surface area contributed by atoms with Crippen LogP contribution < -0.4 is 0 Å². The molecule has 0 bridgehead atoms. The molecule has 100 valence electrons. The lowest BCUT2D eigenvalue weighted by molar-refractivity contribution is -0.0858. The molecule has 2 N–H and O–H groups in total. The molecule has 2 atom stereocenters. The first-order chi connectivity index (χ1) is 9.08. The van der Waals surface area contributed by atoms with Crippen LogP contribution in [0.15, 0.2) is 54.6 Å². The van der Waals surface area contributed by atoms with Crippen molar-refractivity contribution in [3.8, 4) is 0 Å². The first-order valence-corrected chi connectivity index (χ1v) is 6.60. The molecule has 2 nitrogen and oxygen atoms in total. The van der Waals surface area contributed by atoms with Crippen molar-refractivity contribution < 1.29 is 10.2 Å². The van der Waals surface area contributed by atoms with Crippen molar-refractivity contribution >= 4 is 0 Å². The van der Waals surface area contributed by atoms with Gasteiger partial charge in [0.05, 0.1) is 0 Å². The van der Waals surface area contributed by atoms with Crippen LogP contribution in [0.5, 0.6) is 0 Å². The molecule has 0 heterocycles. The fourth-order valence-electron chi connectivity index (χ4n) is 2.38. The number of hydrogen-bond donors (Lipinski definition) is 2. The van der Waals surface area contributed by atoms with Crippen LogP contribution in [-0.4, -0.2) is 10.2 Å². The van der Waals surface area contributed by atoms with Gasteiger partial charge in [-0.1, -0.05) is 67.1 Å². The molecule has 2 rings (SSSR count). The number of aryl methyl sites for hydroxylation is 1. The first kappa shape index (κ1) is 13.8. The number of hydrogen-bond acceptors (Lipinski definition) is 2. The van der Waals surface area contributed by atoms with Gasteiger partial charge in [-0.3, -0.25) is 0 Å². The van der Waals surface area contributed by atoms with Gasteiger partial charge in [0, 0.05) is 0 Å². The van der Waals surface area contributed by atoms with Gasteiger partial charge in [-0.05, 0) is 24.5 Å². The van der Waals surface area contributed by atoms with Crippen molar-refractivity contribution in [2.75, 3.05) is 0 Å². The molecule has 19 heavy (non-hydrogen) atoms. The lowest BCUT2D eigenvalue weighted by atomic mass is 9.82. The maximum absolute atomic E-state index is 10.9. The summed E-state index contributed by atoms with van der Waals surface area (Å²) in [6, 6.07) is 17.0. The molecule has 2 heteroatoms. The van der Waals surface area contributed by atoms with Crippen LogP contribution in [0.4, 0.5) is 0 Å². The standard InChI is InChI=1S/C17H20O2/c1-3-17(19,15-11-7-8-13(2)12-15)16(18)14-9-5-4-6-10-14/h4-12,16,18-19H,3H2,1-2H3. The van der Waals surface area contributed by atoms with E-state index in [2.05, 4.69) is 0 Å². The predicted octanol–water partition coefficient (Wildman–Crippen LogP) is 3.33. The van der Waals surface area contributed by atoms with Gasteiger partial charge in [-0.25, -0.2) is 0 Å². The molecule has 0 aromatic heterocycles. The summed E-state index contributed by atoms with van der Waals surface area (Å²) >= 11 is 0. The predicted molar refractivity (Wildman–Crippen MR) is 76.8 cm³/mol. The monoisotopic (exact) mass is 256 g/mol. The smallest absolute Gasteiger partial charge is 0.119 e. The Balaban J connectivity index is 2.43. The lowest BCUT2D eigenvalue weighted by Gasteiger charge is -2.33. The molecule has 0 aliphatic rings. The Kier molecular flexibility index (Phi) is 4.03. The van der Waals surface area contributed by atoms with E-state index in [0.717, 1.165) is 16.7 Å². The Hall–Kier alpha value is -1.64. The van der Waals surface area contributed by atoms with E-state index in [4.69, 9.17) is 0 Å². The summed E-state index contributed by atoms with van der Waals surface area (Å²) in [5.41, 5.74) is 1.30. The Bertz CT molecular complexity index is 536. The van der Waals surface area contributed by atoms with Gasteiger partial charge in [-0.2, -0.15) is 0 Å². The largest absolute Gasteiger partial charge is 0.385 e. The zero-order chi connectivity index (χ0) is 13.9. The molecule has 0 amide bonds. The summed E-state index contributed by atoms with van der Waals surface area (Å²) in [6.45, 7) is 3.86. The molecule has 0 spiro atoms. The molecule has 0 saturated carbocycles. The highest BCUT2D eigenvalue weighted by atomic mass is 16.3. The average molecular weight is 256 g/mol. The number of aliphatic hydroxyl groups is 2. The van der Waals surface area contributed by atoms with E-state index < -0.39 is 11.7 Å². The lowest BCUT2D eigenvalue weighted by Crippen LogP contribution is -2.33. The molecule has 0 fully saturated rings. The Morgan fingerprint density at radius 1 is 1.05 bits per heavy atom. The fourth-order valence-corrected chi connectivity index (χ4v) is 2.38. The third-order valence-corrected chi connectivity index (χ3v) is 3.62. The molecular weight excluding hydrogens is 236 g/mol. The van der Waals surface area contributed by atoms with Crippen molar-refractivity contribution in [3.63, 3.8) is 0 Å². The van der Waals surface area contributed by atoms with Crippen LogP contribution in [-0.2, 0) is 5.60 Å². The summed E-state index contributed by atoms with van der Waals surface area (Å²) in [4.78, 5) is 0. The molecule has 2 aromatic carbocycles. The number of benzene rings is 2. The minimum Gasteiger partial charge on any atom is -0.385 e. The summed E-state index contributed by atoms with van der Waals surface area (Å²) in [5, 5.41) is 21.4. The van der Waals surface area contributed by atoms with E-state index in [0.29, 0.717) is 6.42 Å². The SMILES string of the molecule is CCC(O)(c1cccc(C)c1)C(O)c1ccccc1. The third-order valence-electron chi connectivity index (χ3n) is 3.62. The van der Waals surface area contributed by atoms with Gasteiger partial charge >= 0.3 is 0 Å². The maximum Gasteiger partial charge on any atom is 0.119 e. The van der Waals surface area contributed by atoms with Crippen LogP contribution in [0.1, 0.15) is 36.1 Å². The summed E-state index contributed by atoms with van der Waals surface area (Å²) in [6.07, 6.45) is -0.479. The average Bonchev–Trinajstić information content (AvgIpc) is 2.46. The van der Waals surface area contributed by atoms with Crippen LogP contribution in [0.2, 0.25) is 0 Å². The van der Waals surface area contributed by atoms with E-state index in [1.54, 1.807) is 0 Å². The highest BCUT2D eigenvalue weighted by Gasteiger charge is 2.36. The highest BCUT2D eigenvalue weighted by Crippen LogP contribution is 2.38. The van der Waals surface area contributed by atoms with Gasteiger partial charge in [-0.15, -0.1) is 0 Å². The summed E-state index contributed by atoms with van der Waals surface area (Å²) < 4.78 is 0. The second-order valence-corrected chi connectivity index (χ2v) is 4.96. The second kappa shape index (κ2) is 5.55. The quantitative estimate of drug-likeness (QED) is 0.881. The summed E-state index contributed by atoms with van der Waals surface area (Å²) in [7, 11) is 0. The molecular formula is C17H20O2.